The molecule has 316 valence electrons. The van der Waals surface area contributed by atoms with Gasteiger partial charge >= 0.3 is 11.9 Å². The summed E-state index contributed by atoms with van der Waals surface area (Å²) in [5.41, 5.74) is 7.02. The Kier molecular flexibility index (Phi) is 20.8. The highest BCUT2D eigenvalue weighted by Gasteiger charge is 2.41. The Bertz CT molecular complexity index is 1690. The van der Waals surface area contributed by atoms with E-state index >= 15 is 0 Å². The largest absolute Gasteiger partial charge is 0.454 e. The summed E-state index contributed by atoms with van der Waals surface area (Å²) in [4.78, 5) is 50.9. The summed E-state index contributed by atoms with van der Waals surface area (Å²) in [6.45, 7) is 24.4. The summed E-state index contributed by atoms with van der Waals surface area (Å²) in [6, 6.07) is 0. The number of allylic oxidation sites excluding steroid dienone is 20. The van der Waals surface area contributed by atoms with Crippen molar-refractivity contribution in [1.29, 1.82) is 0 Å². The zero-order valence-electron chi connectivity index (χ0n) is 37.8. The lowest BCUT2D eigenvalue weighted by Crippen LogP contribution is -2.39. The van der Waals surface area contributed by atoms with Crippen molar-refractivity contribution in [2.45, 2.75) is 160 Å². The molecule has 2 aliphatic carbocycles. The summed E-state index contributed by atoms with van der Waals surface area (Å²) >= 11 is 0. The van der Waals surface area contributed by atoms with Gasteiger partial charge in [-0.05, 0) is 87.5 Å². The Morgan fingerprint density at radius 3 is 1.22 bits per heavy atom. The minimum atomic E-state index is -0.713. The SMILES string of the molecule is CCCCCC(=O)OC1CC(C)(C)C(/C=C/C(C)=C/C=C/C(C)=C/C=C/C=C(C)/C=C/C=C(C)/C=C/C2=C(C)C(=O)C(OC(=O)CCCCC)CC2(C)C)=C(C)C1=O. The van der Waals surface area contributed by atoms with Gasteiger partial charge in [-0.15, -0.1) is 0 Å². The van der Waals surface area contributed by atoms with E-state index in [1.54, 1.807) is 0 Å². The molecule has 0 heterocycles. The van der Waals surface area contributed by atoms with Gasteiger partial charge in [0.1, 0.15) is 0 Å². The predicted octanol–water partition coefficient (Wildman–Crippen LogP) is 13.2. The molecular formula is C52H72O6. The van der Waals surface area contributed by atoms with Crippen LogP contribution in [0.5, 0.6) is 0 Å². The van der Waals surface area contributed by atoms with Crippen molar-refractivity contribution in [3.8, 4) is 0 Å². The van der Waals surface area contributed by atoms with Crippen LogP contribution in [0.2, 0.25) is 0 Å². The molecule has 2 atom stereocenters. The van der Waals surface area contributed by atoms with E-state index in [1.165, 1.54) is 0 Å². The lowest BCUT2D eigenvalue weighted by atomic mass is 9.71. The van der Waals surface area contributed by atoms with E-state index in [4.69, 9.17) is 9.47 Å². The van der Waals surface area contributed by atoms with Crippen molar-refractivity contribution in [3.63, 3.8) is 0 Å². The number of ketones is 2. The number of hydrogen-bond acceptors (Lipinski definition) is 6. The van der Waals surface area contributed by atoms with Crippen LogP contribution in [0, 0.1) is 10.8 Å². The molecule has 0 bridgehead atoms. The van der Waals surface area contributed by atoms with Gasteiger partial charge < -0.3 is 9.47 Å². The molecule has 2 unspecified atom stereocenters. The summed E-state index contributed by atoms with van der Waals surface area (Å²) in [6.07, 6.45) is 34.4. The summed E-state index contributed by atoms with van der Waals surface area (Å²) in [5, 5.41) is 0. The summed E-state index contributed by atoms with van der Waals surface area (Å²) < 4.78 is 11.2. The number of Topliss-reactive ketones (excluding diaryl/α,β-unsaturated/α-hetero) is 2. The van der Waals surface area contributed by atoms with E-state index < -0.39 is 12.2 Å². The average Bonchev–Trinajstić information content (AvgIpc) is 3.14. The molecule has 0 aromatic carbocycles. The molecule has 0 amide bonds. The quantitative estimate of drug-likeness (QED) is 0.0693. The highest BCUT2D eigenvalue weighted by molar-refractivity contribution is 6.02. The number of carbonyl (C=O) groups excluding carboxylic acids is 4. The van der Waals surface area contributed by atoms with Crippen molar-refractivity contribution < 1.29 is 28.7 Å². The molecular weight excluding hydrogens is 721 g/mol. The van der Waals surface area contributed by atoms with Gasteiger partial charge in [0.2, 0.25) is 0 Å². The van der Waals surface area contributed by atoms with Gasteiger partial charge in [-0.1, -0.05) is 175 Å². The lowest BCUT2D eigenvalue weighted by molar-refractivity contribution is -0.156. The molecule has 6 heteroatoms. The van der Waals surface area contributed by atoms with Crippen LogP contribution in [-0.2, 0) is 28.7 Å². The molecule has 0 saturated heterocycles. The first-order chi connectivity index (χ1) is 27.3. The summed E-state index contributed by atoms with van der Waals surface area (Å²) in [7, 11) is 0. The normalized spacial score (nSPS) is 21.2. The second-order valence-corrected chi connectivity index (χ2v) is 17.3. The third kappa shape index (κ3) is 16.7. The highest BCUT2D eigenvalue weighted by atomic mass is 16.6. The van der Waals surface area contributed by atoms with Crippen LogP contribution >= 0.6 is 0 Å². The maximum absolute atomic E-state index is 13.1. The lowest BCUT2D eigenvalue weighted by Gasteiger charge is -2.36. The molecule has 2 rings (SSSR count). The first-order valence-corrected chi connectivity index (χ1v) is 21.3. The smallest absolute Gasteiger partial charge is 0.306 e. The predicted molar refractivity (Wildman–Crippen MR) is 241 cm³/mol. The third-order valence-corrected chi connectivity index (χ3v) is 10.8. The van der Waals surface area contributed by atoms with E-state index in [1.807, 2.05) is 88.5 Å². The van der Waals surface area contributed by atoms with Crippen LogP contribution in [0.4, 0.5) is 0 Å². The monoisotopic (exact) mass is 793 g/mol. The minimum Gasteiger partial charge on any atom is -0.454 e. The second kappa shape index (κ2) is 24.4. The first-order valence-electron chi connectivity index (χ1n) is 21.3. The Balaban J connectivity index is 1.96. The van der Waals surface area contributed by atoms with E-state index in [0.717, 1.165) is 72.0 Å². The zero-order valence-corrected chi connectivity index (χ0v) is 37.8. The Morgan fingerprint density at radius 2 is 0.879 bits per heavy atom. The number of esters is 2. The maximum atomic E-state index is 13.1. The van der Waals surface area contributed by atoms with Gasteiger partial charge in [-0.25, -0.2) is 0 Å². The molecule has 0 aromatic heterocycles. The molecule has 0 spiro atoms. The highest BCUT2D eigenvalue weighted by Crippen LogP contribution is 2.42. The number of unbranched alkanes of at least 4 members (excludes halogenated alkanes) is 4. The molecule has 2 aliphatic rings. The van der Waals surface area contributed by atoms with Gasteiger partial charge in [0, 0.05) is 25.7 Å². The third-order valence-electron chi connectivity index (χ3n) is 10.8. The van der Waals surface area contributed by atoms with Crippen molar-refractivity contribution in [3.05, 3.63) is 130 Å². The van der Waals surface area contributed by atoms with E-state index in [-0.39, 0.29) is 34.3 Å². The van der Waals surface area contributed by atoms with Crippen LogP contribution < -0.4 is 0 Å². The van der Waals surface area contributed by atoms with Crippen LogP contribution in [0.3, 0.4) is 0 Å². The Morgan fingerprint density at radius 1 is 0.552 bits per heavy atom. The molecule has 58 heavy (non-hydrogen) atoms. The fourth-order valence-electron chi connectivity index (χ4n) is 7.23. The fourth-order valence-corrected chi connectivity index (χ4v) is 7.23. The number of rotatable bonds is 20. The van der Waals surface area contributed by atoms with Crippen LogP contribution in [0.1, 0.15) is 147 Å². The molecule has 0 radical (unpaired) electrons. The number of ether oxygens (including phenoxy) is 2. The minimum absolute atomic E-state index is 0.0999. The van der Waals surface area contributed by atoms with Crippen LogP contribution in [-0.4, -0.2) is 35.7 Å². The van der Waals surface area contributed by atoms with Crippen LogP contribution in [0.15, 0.2) is 130 Å². The molecule has 0 fully saturated rings. The van der Waals surface area contributed by atoms with Gasteiger partial charge in [0.05, 0.1) is 0 Å². The van der Waals surface area contributed by atoms with Crippen LogP contribution in [0.25, 0.3) is 0 Å². The topological polar surface area (TPSA) is 86.7 Å². The van der Waals surface area contributed by atoms with Crippen molar-refractivity contribution in [2.24, 2.45) is 10.8 Å². The second-order valence-electron chi connectivity index (χ2n) is 17.3. The molecule has 0 aliphatic heterocycles. The van der Waals surface area contributed by atoms with Crippen molar-refractivity contribution in [1.82, 2.24) is 0 Å². The molecule has 0 aromatic rings. The maximum Gasteiger partial charge on any atom is 0.306 e. The standard InChI is InChI=1S/C52H72O6/c1-13-15-17-29-47(53)57-45-35-51(9,10)43(41(7)49(45)55)33-31-39(5)27-21-25-37(3)23-19-20-24-38(4)26-22-28-40(6)32-34-44-42(8)50(56)46(36-52(44,11)12)58-48(54)30-18-16-14-2/h19-28,31-34,45-46H,13-18,29-30,35-36H2,1-12H3/b20-19+,25-21+,26-22+,33-31+,34-32+,37-23+,38-24+,39-27+,40-28+. The zero-order chi connectivity index (χ0) is 43.5. The van der Waals surface area contributed by atoms with Crippen molar-refractivity contribution in [2.75, 3.05) is 0 Å². The van der Waals surface area contributed by atoms with Gasteiger partial charge in [0.25, 0.3) is 0 Å². The van der Waals surface area contributed by atoms with Crippen molar-refractivity contribution >= 4 is 23.5 Å². The molecule has 6 nitrogen and oxygen atoms in total. The van der Waals surface area contributed by atoms with E-state index in [9.17, 15) is 19.2 Å². The van der Waals surface area contributed by atoms with Gasteiger partial charge in [0.15, 0.2) is 23.8 Å². The van der Waals surface area contributed by atoms with E-state index in [2.05, 4.69) is 79.7 Å². The van der Waals surface area contributed by atoms with Gasteiger partial charge in [-0.2, -0.15) is 0 Å². The average molecular weight is 793 g/mol. The summed E-state index contributed by atoms with van der Waals surface area (Å²) in [5.74, 6) is -0.769. The first kappa shape index (κ1) is 49.6. The van der Waals surface area contributed by atoms with E-state index in [0.29, 0.717) is 36.8 Å². The molecule has 0 N–H and O–H groups in total. The number of hydrogen-bond donors (Lipinski definition) is 0. The Hall–Kier alpha value is -4.58. The fraction of sp³-hybridized carbons (Fsp3) is 0.500. The number of carbonyl (C=O) groups is 4. The molecule has 0 saturated carbocycles. The van der Waals surface area contributed by atoms with Gasteiger partial charge in [-0.3, -0.25) is 19.2 Å². The Labute approximate surface area is 351 Å².